The number of nitrogens with zero attached hydrogens (tertiary/aromatic N) is 6. The molecule has 0 radical (unpaired) electrons. The van der Waals surface area contributed by atoms with Gasteiger partial charge in [-0.05, 0) is 34.7 Å². The molecule has 4 aromatic rings. The Morgan fingerprint density at radius 3 is 2.70 bits per heavy atom. The molecule has 0 amide bonds. The average Bonchev–Trinajstić information content (AvgIpc) is 3.35. The molecule has 0 N–H and O–H groups in total. The lowest BCUT2D eigenvalue weighted by atomic mass is 10.2. The van der Waals surface area contributed by atoms with Gasteiger partial charge < -0.3 is 4.52 Å². The van der Waals surface area contributed by atoms with Crippen LogP contribution in [0.15, 0.2) is 45.4 Å². The molecule has 138 valence electrons. The topological polar surface area (TPSA) is 82.5 Å². The molecule has 7 nitrogen and oxygen atoms in total. The van der Waals surface area contributed by atoms with E-state index in [1.807, 2.05) is 24.3 Å². The van der Waals surface area contributed by atoms with Gasteiger partial charge in [-0.2, -0.15) is 18.2 Å². The first-order valence-corrected chi connectivity index (χ1v) is 9.04. The number of aromatic nitrogens is 6. The van der Waals surface area contributed by atoms with Gasteiger partial charge in [0.25, 0.3) is 0 Å². The standard InChI is InChI=1S/C15H8BrF3N6OS/c16-10-4-2-1-3-9(10)13-21-23-24-25(13)7-8-5-6-11(27-8)12-20-14(26-22-12)15(17,18)19/h1-6H,7H2. The Hall–Kier alpha value is -2.60. The summed E-state index contributed by atoms with van der Waals surface area (Å²) in [5.74, 6) is -0.915. The molecule has 27 heavy (non-hydrogen) atoms. The van der Waals surface area contributed by atoms with Crippen molar-refractivity contribution in [2.45, 2.75) is 12.7 Å². The summed E-state index contributed by atoms with van der Waals surface area (Å²) in [6.45, 7) is 0.346. The van der Waals surface area contributed by atoms with Crippen molar-refractivity contribution in [1.29, 1.82) is 0 Å². The predicted octanol–water partition coefficient (Wildman–Crippen LogP) is 4.28. The van der Waals surface area contributed by atoms with E-state index in [1.165, 1.54) is 11.3 Å². The highest BCUT2D eigenvalue weighted by Crippen LogP contribution is 2.32. The fourth-order valence-electron chi connectivity index (χ4n) is 2.32. The van der Waals surface area contributed by atoms with Crippen LogP contribution in [0.2, 0.25) is 0 Å². The maximum atomic E-state index is 12.6. The van der Waals surface area contributed by atoms with Gasteiger partial charge in [0.2, 0.25) is 5.82 Å². The van der Waals surface area contributed by atoms with E-state index in [1.54, 1.807) is 16.8 Å². The summed E-state index contributed by atoms with van der Waals surface area (Å²) >= 11 is 4.70. The smallest absolute Gasteiger partial charge is 0.329 e. The fourth-order valence-corrected chi connectivity index (χ4v) is 3.69. The molecule has 0 bridgehead atoms. The Balaban J connectivity index is 1.59. The van der Waals surface area contributed by atoms with Crippen LogP contribution in [0, 0.1) is 0 Å². The summed E-state index contributed by atoms with van der Waals surface area (Å²) in [6, 6.07) is 10.9. The van der Waals surface area contributed by atoms with Gasteiger partial charge in [-0.15, -0.1) is 16.4 Å². The fraction of sp³-hybridized carbons (Fsp3) is 0.133. The van der Waals surface area contributed by atoms with Crippen molar-refractivity contribution < 1.29 is 17.7 Å². The zero-order valence-corrected chi connectivity index (χ0v) is 15.6. The summed E-state index contributed by atoms with van der Waals surface area (Å²) in [7, 11) is 0. The van der Waals surface area contributed by atoms with E-state index < -0.39 is 12.1 Å². The van der Waals surface area contributed by atoms with Crippen molar-refractivity contribution in [2.75, 3.05) is 0 Å². The summed E-state index contributed by atoms with van der Waals surface area (Å²) < 4.78 is 44.5. The Labute approximate surface area is 162 Å². The monoisotopic (exact) mass is 456 g/mol. The lowest BCUT2D eigenvalue weighted by Gasteiger charge is -2.04. The second-order valence-corrected chi connectivity index (χ2v) is 7.35. The predicted molar refractivity (Wildman–Crippen MR) is 92.7 cm³/mol. The van der Waals surface area contributed by atoms with Crippen LogP contribution in [-0.4, -0.2) is 30.3 Å². The molecule has 3 aromatic heterocycles. The molecule has 0 fully saturated rings. The molecule has 0 saturated heterocycles. The first-order valence-electron chi connectivity index (χ1n) is 7.43. The molecule has 0 unspecified atom stereocenters. The highest BCUT2D eigenvalue weighted by atomic mass is 79.9. The van der Waals surface area contributed by atoms with Crippen molar-refractivity contribution in [3.8, 4) is 22.1 Å². The lowest BCUT2D eigenvalue weighted by molar-refractivity contribution is -0.159. The number of alkyl halides is 3. The molecular weight excluding hydrogens is 449 g/mol. The molecule has 1 aromatic carbocycles. The number of tetrazole rings is 1. The molecule has 0 aliphatic heterocycles. The molecule has 3 heterocycles. The maximum Gasteiger partial charge on any atom is 0.471 e. The number of hydrogen-bond acceptors (Lipinski definition) is 7. The molecule has 0 aliphatic carbocycles. The van der Waals surface area contributed by atoms with Crippen LogP contribution in [0.3, 0.4) is 0 Å². The van der Waals surface area contributed by atoms with E-state index in [0.717, 1.165) is 14.9 Å². The highest BCUT2D eigenvalue weighted by molar-refractivity contribution is 9.10. The third-order valence-corrected chi connectivity index (χ3v) is 5.26. The maximum absolute atomic E-state index is 12.6. The SMILES string of the molecule is FC(F)(F)c1nc(-c2ccc(Cn3nnnc3-c3ccccc3Br)s2)no1. The average molecular weight is 457 g/mol. The van der Waals surface area contributed by atoms with E-state index in [9.17, 15) is 13.2 Å². The van der Waals surface area contributed by atoms with Gasteiger partial charge >= 0.3 is 12.1 Å². The van der Waals surface area contributed by atoms with Gasteiger partial charge in [-0.3, -0.25) is 0 Å². The van der Waals surface area contributed by atoms with E-state index in [2.05, 4.69) is 46.1 Å². The van der Waals surface area contributed by atoms with Crippen LogP contribution in [-0.2, 0) is 12.7 Å². The molecule has 0 saturated carbocycles. The van der Waals surface area contributed by atoms with E-state index in [-0.39, 0.29) is 5.82 Å². The molecule has 0 spiro atoms. The van der Waals surface area contributed by atoms with Crippen LogP contribution in [0.4, 0.5) is 13.2 Å². The second-order valence-electron chi connectivity index (χ2n) is 5.33. The Kier molecular flexibility index (Phi) is 4.52. The molecule has 0 atom stereocenters. The van der Waals surface area contributed by atoms with Crippen molar-refractivity contribution in [2.24, 2.45) is 0 Å². The minimum Gasteiger partial charge on any atom is -0.329 e. The first-order chi connectivity index (χ1) is 12.9. The van der Waals surface area contributed by atoms with Crippen molar-refractivity contribution >= 4 is 27.3 Å². The van der Waals surface area contributed by atoms with Gasteiger partial charge in [0.05, 0.1) is 11.4 Å². The Morgan fingerprint density at radius 1 is 1.15 bits per heavy atom. The van der Waals surface area contributed by atoms with Crippen LogP contribution in [0.25, 0.3) is 22.1 Å². The van der Waals surface area contributed by atoms with Crippen LogP contribution in [0.5, 0.6) is 0 Å². The second kappa shape index (κ2) is 6.85. The minimum atomic E-state index is -4.67. The quantitative estimate of drug-likeness (QED) is 0.455. The highest BCUT2D eigenvalue weighted by Gasteiger charge is 2.38. The van der Waals surface area contributed by atoms with Gasteiger partial charge in [-0.1, -0.05) is 33.2 Å². The number of halogens is 4. The van der Waals surface area contributed by atoms with Crippen LogP contribution in [0.1, 0.15) is 10.8 Å². The zero-order valence-electron chi connectivity index (χ0n) is 13.2. The van der Waals surface area contributed by atoms with Crippen LogP contribution >= 0.6 is 27.3 Å². The Bertz CT molecular complexity index is 1090. The van der Waals surface area contributed by atoms with E-state index in [0.29, 0.717) is 17.2 Å². The van der Waals surface area contributed by atoms with Gasteiger partial charge in [-0.25, -0.2) is 4.68 Å². The summed E-state index contributed by atoms with van der Waals surface area (Å²) in [6.07, 6.45) is -4.67. The van der Waals surface area contributed by atoms with Gasteiger partial charge in [0.15, 0.2) is 5.82 Å². The van der Waals surface area contributed by atoms with Crippen molar-refractivity contribution in [3.63, 3.8) is 0 Å². The first kappa shape index (κ1) is 17.8. The molecule has 0 aliphatic rings. The number of benzene rings is 1. The van der Waals surface area contributed by atoms with Crippen LogP contribution < -0.4 is 0 Å². The molecular formula is C15H8BrF3N6OS. The summed E-state index contributed by atoms with van der Waals surface area (Å²) in [5, 5.41) is 15.1. The number of hydrogen-bond donors (Lipinski definition) is 0. The number of thiophene rings is 1. The molecule has 12 heteroatoms. The van der Waals surface area contributed by atoms with E-state index >= 15 is 0 Å². The minimum absolute atomic E-state index is 0.110. The Morgan fingerprint density at radius 2 is 1.96 bits per heavy atom. The summed E-state index contributed by atoms with van der Waals surface area (Å²) in [4.78, 5) is 4.67. The number of rotatable bonds is 4. The zero-order chi connectivity index (χ0) is 19.0. The normalized spacial score (nSPS) is 11.9. The third kappa shape index (κ3) is 3.62. The van der Waals surface area contributed by atoms with Crippen molar-refractivity contribution in [1.82, 2.24) is 30.3 Å². The van der Waals surface area contributed by atoms with Gasteiger partial charge in [0, 0.05) is 14.9 Å². The lowest BCUT2D eigenvalue weighted by Crippen LogP contribution is -2.04. The third-order valence-electron chi connectivity index (χ3n) is 3.50. The summed E-state index contributed by atoms with van der Waals surface area (Å²) in [5.41, 5.74) is 0.826. The molecule has 4 rings (SSSR count). The van der Waals surface area contributed by atoms with Gasteiger partial charge in [0.1, 0.15) is 0 Å². The largest absolute Gasteiger partial charge is 0.471 e. The van der Waals surface area contributed by atoms with Crippen molar-refractivity contribution in [3.05, 3.63) is 51.6 Å². The van der Waals surface area contributed by atoms with E-state index in [4.69, 9.17) is 0 Å².